The van der Waals surface area contributed by atoms with E-state index in [1.54, 1.807) is 7.11 Å². The predicted octanol–water partition coefficient (Wildman–Crippen LogP) is 1.97. The molecule has 4 unspecified atom stereocenters. The fourth-order valence-electron chi connectivity index (χ4n) is 7.23. The molecule has 40 heavy (non-hydrogen) atoms. The molecule has 1 aromatic carbocycles. The van der Waals surface area contributed by atoms with Gasteiger partial charge in [-0.3, -0.25) is 15.1 Å². The molecule has 4 N–H and O–H groups in total. The number of hydroxylamine groups is 1. The molecule has 1 amide bonds. The molecule has 7 rings (SSSR count). The van der Waals surface area contributed by atoms with Gasteiger partial charge in [0.05, 0.1) is 32.4 Å². The number of carbonyl (C=O) groups excluding carboxylic acids is 1. The van der Waals surface area contributed by atoms with E-state index in [1.807, 2.05) is 18.2 Å². The Morgan fingerprint density at radius 3 is 2.83 bits per heavy atom. The molecule has 13 heteroatoms. The second-order valence-electron chi connectivity index (χ2n) is 11.3. The zero-order chi connectivity index (χ0) is 27.6. The van der Waals surface area contributed by atoms with Crippen LogP contribution in [0.2, 0.25) is 0 Å². The highest BCUT2D eigenvalue weighted by molar-refractivity contribution is 7.89. The number of aromatic nitrogens is 1. The van der Waals surface area contributed by atoms with Crippen LogP contribution in [-0.2, 0) is 25.1 Å². The number of amides is 1. The summed E-state index contributed by atoms with van der Waals surface area (Å²) in [6.45, 7) is 0.698. The first-order chi connectivity index (χ1) is 19.3. The highest BCUT2D eigenvalue weighted by Gasteiger charge is 2.67. The molecule has 2 aromatic rings. The van der Waals surface area contributed by atoms with Crippen LogP contribution in [0.1, 0.15) is 37.7 Å². The maximum atomic E-state index is 13.1. The van der Waals surface area contributed by atoms with Gasteiger partial charge in [0.15, 0.2) is 11.6 Å². The van der Waals surface area contributed by atoms with Crippen molar-refractivity contribution in [2.45, 2.75) is 54.6 Å². The number of anilines is 2. The van der Waals surface area contributed by atoms with E-state index in [0.717, 1.165) is 47.2 Å². The molecular formula is C27H34N6O6S. The van der Waals surface area contributed by atoms with Crippen molar-refractivity contribution in [2.24, 2.45) is 17.8 Å². The van der Waals surface area contributed by atoms with Gasteiger partial charge in [-0.2, -0.15) is 0 Å². The summed E-state index contributed by atoms with van der Waals surface area (Å²) >= 11 is 0. The van der Waals surface area contributed by atoms with E-state index in [1.165, 1.54) is 19.4 Å². The molecule has 0 bridgehead atoms. The van der Waals surface area contributed by atoms with Crippen molar-refractivity contribution in [3.8, 4) is 11.5 Å². The first-order valence-corrected chi connectivity index (χ1v) is 15.3. The Kier molecular flexibility index (Phi) is 6.20. The maximum absolute atomic E-state index is 13.1. The maximum Gasteiger partial charge on any atom is 0.266 e. The Balaban J connectivity index is 1.03. The summed E-state index contributed by atoms with van der Waals surface area (Å²) < 4.78 is 37.7. The molecule has 214 valence electrons. The minimum atomic E-state index is -3.80. The molecule has 4 heterocycles. The molecule has 4 fully saturated rings. The lowest BCUT2D eigenvalue weighted by atomic mass is 9.74. The molecular weight excluding hydrogens is 536 g/mol. The van der Waals surface area contributed by atoms with Crippen molar-refractivity contribution in [1.82, 2.24) is 20.3 Å². The average molecular weight is 571 g/mol. The van der Waals surface area contributed by atoms with Crippen LogP contribution in [0.5, 0.6) is 11.5 Å². The van der Waals surface area contributed by atoms with Crippen molar-refractivity contribution >= 4 is 27.4 Å². The topological polar surface area (TPSA) is 143 Å². The minimum Gasteiger partial charge on any atom is -0.497 e. The van der Waals surface area contributed by atoms with Gasteiger partial charge in [-0.15, -0.1) is 0 Å². The van der Waals surface area contributed by atoms with Gasteiger partial charge < -0.3 is 20.1 Å². The number of hydrogen-bond donors (Lipinski definition) is 4. The molecule has 0 radical (unpaired) electrons. The van der Waals surface area contributed by atoms with Gasteiger partial charge in [-0.1, -0.05) is 4.47 Å². The van der Waals surface area contributed by atoms with Crippen LogP contribution < -0.4 is 31.0 Å². The number of methoxy groups -OCH3 is 2. The summed E-state index contributed by atoms with van der Waals surface area (Å²) in [6, 6.07) is 7.57. The molecule has 1 aromatic heterocycles. The summed E-state index contributed by atoms with van der Waals surface area (Å²) in [5, 5.41) is 6.51. The normalized spacial score (nSPS) is 33.0. The molecule has 1 spiro atoms. The average Bonchev–Trinajstić information content (AvgIpc) is 3.24. The van der Waals surface area contributed by atoms with Crippen molar-refractivity contribution in [1.29, 1.82) is 0 Å². The molecule has 2 aliphatic carbocycles. The number of hydrogen-bond acceptors (Lipinski definition) is 10. The van der Waals surface area contributed by atoms with Gasteiger partial charge in [-0.05, 0) is 67.7 Å². The highest BCUT2D eigenvalue weighted by atomic mass is 32.2. The first-order valence-electron chi connectivity index (χ1n) is 13.8. The standard InChI is InChI=1S/C27H34N6O6S/c1-37-16-5-7-21-19(11-16)27(26(34)29-21)13-20(27)15-4-6-18-22(10-15)31-32-24(18)30-25-23(38-2)12-17(14-28-25)40(35,36)33-8-3-9-39-33/h5,7,11-12,14-15,18,20,22,24,31-32H,3-4,6,8-10,13H2,1-2H3,(H,28,30)(H,29,34)/t15?,18?,20-,22?,24?,27-/m0/s1. The van der Waals surface area contributed by atoms with E-state index in [2.05, 4.69) is 26.5 Å². The summed E-state index contributed by atoms with van der Waals surface area (Å²) in [5.41, 5.74) is 8.36. The zero-order valence-electron chi connectivity index (χ0n) is 22.5. The molecule has 3 aliphatic heterocycles. The lowest BCUT2D eigenvalue weighted by Crippen LogP contribution is -2.39. The lowest BCUT2D eigenvalue weighted by molar-refractivity contribution is -0.118. The van der Waals surface area contributed by atoms with E-state index >= 15 is 0 Å². The Morgan fingerprint density at radius 1 is 1.18 bits per heavy atom. The number of pyridine rings is 1. The Labute approximate surface area is 233 Å². The summed E-state index contributed by atoms with van der Waals surface area (Å²) in [6.07, 6.45) is 5.73. The van der Waals surface area contributed by atoms with Gasteiger partial charge in [0.25, 0.3) is 10.0 Å². The number of rotatable bonds is 7. The third kappa shape index (κ3) is 3.97. The van der Waals surface area contributed by atoms with Gasteiger partial charge in [0.1, 0.15) is 10.6 Å². The number of fused-ring (bicyclic) bond motifs is 3. The monoisotopic (exact) mass is 570 g/mol. The smallest absolute Gasteiger partial charge is 0.266 e. The summed E-state index contributed by atoms with van der Waals surface area (Å²) in [5.74, 6) is 2.75. The number of benzene rings is 1. The number of ether oxygens (including phenoxy) is 2. The Hall–Kier alpha value is -2.97. The first kappa shape index (κ1) is 26.0. The lowest BCUT2D eigenvalue weighted by Gasteiger charge is -2.34. The van der Waals surface area contributed by atoms with Crippen LogP contribution in [0, 0.1) is 17.8 Å². The number of sulfonamides is 1. The van der Waals surface area contributed by atoms with Gasteiger partial charge in [0, 0.05) is 36.5 Å². The molecule has 2 saturated heterocycles. The van der Waals surface area contributed by atoms with Crippen molar-refractivity contribution in [3.63, 3.8) is 0 Å². The second kappa shape index (κ2) is 9.55. The third-order valence-corrected chi connectivity index (χ3v) is 11.0. The molecule has 2 saturated carbocycles. The van der Waals surface area contributed by atoms with Crippen LogP contribution in [0.15, 0.2) is 35.4 Å². The number of hydrazine groups is 1. The van der Waals surface area contributed by atoms with Gasteiger partial charge in [-0.25, -0.2) is 18.8 Å². The molecule has 12 nitrogen and oxygen atoms in total. The van der Waals surface area contributed by atoms with Crippen molar-refractivity contribution < 1.29 is 27.5 Å². The van der Waals surface area contributed by atoms with Crippen LogP contribution in [0.3, 0.4) is 0 Å². The molecule has 6 atom stereocenters. The number of nitrogens with zero attached hydrogens (tertiary/aromatic N) is 2. The zero-order valence-corrected chi connectivity index (χ0v) is 23.3. The van der Waals surface area contributed by atoms with Crippen molar-refractivity contribution in [3.05, 3.63) is 36.0 Å². The summed E-state index contributed by atoms with van der Waals surface area (Å²) in [7, 11) is -0.653. The van der Waals surface area contributed by atoms with E-state index in [0.29, 0.717) is 48.9 Å². The Bertz CT molecular complexity index is 1450. The van der Waals surface area contributed by atoms with E-state index in [9.17, 15) is 13.2 Å². The van der Waals surface area contributed by atoms with Crippen LogP contribution >= 0.6 is 0 Å². The predicted molar refractivity (Wildman–Crippen MR) is 145 cm³/mol. The number of carbonyl (C=O) groups is 1. The third-order valence-electron chi connectivity index (χ3n) is 9.37. The van der Waals surface area contributed by atoms with Crippen LogP contribution in [0.4, 0.5) is 11.5 Å². The van der Waals surface area contributed by atoms with Crippen LogP contribution in [0.25, 0.3) is 0 Å². The number of nitrogens with one attached hydrogen (secondary N) is 4. The van der Waals surface area contributed by atoms with Gasteiger partial charge >= 0.3 is 0 Å². The Morgan fingerprint density at radius 2 is 2.05 bits per heavy atom. The van der Waals surface area contributed by atoms with Gasteiger partial charge in [0.2, 0.25) is 5.91 Å². The molecule has 5 aliphatic rings. The SMILES string of the molecule is COc1ccc2c(c1)[C@]1(C[C@H]1C1CCC3C(C1)NNC3Nc1ncc(S(=O)(=O)N3CCCO3)cc1OC)C(=O)N2. The quantitative estimate of drug-likeness (QED) is 0.390. The van der Waals surface area contributed by atoms with E-state index in [-0.39, 0.29) is 23.0 Å². The second-order valence-corrected chi connectivity index (χ2v) is 13.2. The van der Waals surface area contributed by atoms with Crippen molar-refractivity contribution in [2.75, 3.05) is 38.0 Å². The van der Waals surface area contributed by atoms with Crippen LogP contribution in [-0.4, -0.2) is 63.4 Å². The minimum absolute atomic E-state index is 0.0289. The van der Waals surface area contributed by atoms with E-state index < -0.39 is 15.4 Å². The van der Waals surface area contributed by atoms with E-state index in [4.69, 9.17) is 14.3 Å². The largest absolute Gasteiger partial charge is 0.497 e. The fourth-order valence-corrected chi connectivity index (χ4v) is 8.49. The highest BCUT2D eigenvalue weighted by Crippen LogP contribution is 2.65. The fraction of sp³-hybridized carbons (Fsp3) is 0.556. The summed E-state index contributed by atoms with van der Waals surface area (Å²) in [4.78, 5) is 22.8.